The van der Waals surface area contributed by atoms with Crippen LogP contribution in [0.15, 0.2) is 6.20 Å². The second-order valence-electron chi connectivity index (χ2n) is 4.75. The minimum Gasteiger partial charge on any atom is -0.481 e. The van der Waals surface area contributed by atoms with Crippen molar-refractivity contribution in [1.29, 1.82) is 0 Å². The highest BCUT2D eigenvalue weighted by molar-refractivity contribution is 7.99. The predicted octanol–water partition coefficient (Wildman–Crippen LogP) is 2.41. The van der Waals surface area contributed by atoms with Gasteiger partial charge in [0.1, 0.15) is 11.7 Å². The van der Waals surface area contributed by atoms with Crippen LogP contribution in [-0.2, 0) is 11.3 Å². The van der Waals surface area contributed by atoms with Crippen LogP contribution in [0.4, 0.5) is 0 Å². The van der Waals surface area contributed by atoms with Crippen LogP contribution >= 0.6 is 11.8 Å². The van der Waals surface area contributed by atoms with Crippen molar-refractivity contribution in [3.8, 4) is 0 Å². The summed E-state index contributed by atoms with van der Waals surface area (Å²) in [5.74, 6) is 0.840. The summed E-state index contributed by atoms with van der Waals surface area (Å²) >= 11 is 1.95. The monoisotopic (exact) mass is 252 g/mol. The molecule has 17 heavy (non-hydrogen) atoms. The summed E-state index contributed by atoms with van der Waals surface area (Å²) in [6, 6.07) is 0. The Labute approximate surface area is 104 Å². The Hall–Kier alpha value is -0.970. The lowest BCUT2D eigenvalue weighted by Crippen LogP contribution is -2.21. The van der Waals surface area contributed by atoms with E-state index in [4.69, 9.17) is 0 Å². The highest BCUT2D eigenvalue weighted by atomic mass is 32.2. The van der Waals surface area contributed by atoms with Crippen LogP contribution in [0.25, 0.3) is 0 Å². The van der Waals surface area contributed by atoms with Gasteiger partial charge in [0.25, 0.3) is 0 Å². The molecule has 0 spiro atoms. The number of thioether (sulfide) groups is 1. The lowest BCUT2D eigenvalue weighted by molar-refractivity contribution is -0.139. The van der Waals surface area contributed by atoms with Gasteiger partial charge < -0.3 is 9.67 Å². The molecule has 0 saturated carbocycles. The van der Waals surface area contributed by atoms with Crippen LogP contribution in [0.3, 0.4) is 0 Å². The topological polar surface area (TPSA) is 55.1 Å². The third-order valence-corrected chi connectivity index (χ3v) is 4.99. The number of hydrogen-bond acceptors (Lipinski definition) is 3. The lowest BCUT2D eigenvalue weighted by atomic mass is 9.99. The summed E-state index contributed by atoms with van der Waals surface area (Å²) in [5.41, 5.74) is 1.09. The van der Waals surface area contributed by atoms with E-state index in [0.717, 1.165) is 30.9 Å². The van der Waals surface area contributed by atoms with Gasteiger partial charge in [0, 0.05) is 18.0 Å². The maximum absolute atomic E-state index is 11.2. The average Bonchev–Trinajstić information content (AvgIpc) is 2.96. The molecule has 1 fully saturated rings. The van der Waals surface area contributed by atoms with Gasteiger partial charge in [-0.2, -0.15) is 11.8 Å². The zero-order chi connectivity index (χ0) is 11.8. The molecule has 0 amide bonds. The van der Waals surface area contributed by atoms with E-state index in [-0.39, 0.29) is 0 Å². The number of fused-ring (bicyclic) bond motifs is 1. The van der Waals surface area contributed by atoms with Gasteiger partial charge in [0.2, 0.25) is 0 Å². The van der Waals surface area contributed by atoms with Gasteiger partial charge in [-0.05, 0) is 31.4 Å². The van der Waals surface area contributed by atoms with Gasteiger partial charge in [-0.15, -0.1) is 0 Å². The van der Waals surface area contributed by atoms with Crippen molar-refractivity contribution in [2.45, 2.75) is 43.4 Å². The van der Waals surface area contributed by atoms with Crippen molar-refractivity contribution in [1.82, 2.24) is 9.55 Å². The smallest absolute Gasteiger partial charge is 0.314 e. The van der Waals surface area contributed by atoms with Crippen LogP contribution < -0.4 is 0 Å². The van der Waals surface area contributed by atoms with E-state index in [1.807, 2.05) is 11.8 Å². The molecule has 3 rings (SSSR count). The van der Waals surface area contributed by atoms with Gasteiger partial charge in [0.15, 0.2) is 0 Å². The van der Waals surface area contributed by atoms with Gasteiger partial charge in [-0.3, -0.25) is 4.79 Å². The summed E-state index contributed by atoms with van der Waals surface area (Å²) in [4.78, 5) is 15.8. The van der Waals surface area contributed by atoms with E-state index in [9.17, 15) is 9.90 Å². The van der Waals surface area contributed by atoms with E-state index < -0.39 is 11.9 Å². The molecule has 1 N–H and O–H groups in total. The molecule has 4 nitrogen and oxygen atoms in total. The molecule has 5 heteroatoms. The third kappa shape index (κ3) is 1.97. The maximum atomic E-state index is 11.2. The highest BCUT2D eigenvalue weighted by Gasteiger charge is 2.30. The molecule has 2 aliphatic heterocycles. The maximum Gasteiger partial charge on any atom is 0.314 e. The Morgan fingerprint density at radius 1 is 1.47 bits per heavy atom. The number of aryl methyl sites for hydroxylation is 1. The van der Waals surface area contributed by atoms with Crippen LogP contribution in [0, 0.1) is 0 Å². The first kappa shape index (κ1) is 11.1. The van der Waals surface area contributed by atoms with Crippen molar-refractivity contribution in [3.63, 3.8) is 0 Å². The standard InChI is InChI=1S/C12H16N2O2S/c15-12(16)8-3-1-5-14-7-9(13-11(8)14)10-4-2-6-17-10/h7-8,10H,1-6H2,(H,15,16). The van der Waals surface area contributed by atoms with Crippen LogP contribution in [0.1, 0.15) is 48.4 Å². The van der Waals surface area contributed by atoms with Crippen molar-refractivity contribution in [2.24, 2.45) is 0 Å². The molecule has 2 atom stereocenters. The number of imidazole rings is 1. The van der Waals surface area contributed by atoms with Crippen LogP contribution in [-0.4, -0.2) is 26.4 Å². The van der Waals surface area contributed by atoms with Crippen molar-refractivity contribution in [2.75, 3.05) is 5.75 Å². The summed E-state index contributed by atoms with van der Waals surface area (Å²) in [5, 5.41) is 9.69. The summed E-state index contributed by atoms with van der Waals surface area (Å²) in [7, 11) is 0. The molecule has 0 bridgehead atoms. The first-order valence-corrected chi connectivity index (χ1v) is 7.22. The van der Waals surface area contributed by atoms with E-state index >= 15 is 0 Å². The van der Waals surface area contributed by atoms with E-state index in [1.54, 1.807) is 0 Å². The minimum absolute atomic E-state index is 0.399. The minimum atomic E-state index is -0.734. The van der Waals surface area contributed by atoms with E-state index in [2.05, 4.69) is 15.7 Å². The lowest BCUT2D eigenvalue weighted by Gasteiger charge is -2.19. The molecule has 3 heterocycles. The molecule has 1 aromatic rings. The zero-order valence-corrected chi connectivity index (χ0v) is 10.4. The summed E-state index contributed by atoms with van der Waals surface area (Å²) in [6.07, 6.45) is 6.17. The Kier molecular flexibility index (Phi) is 2.86. The summed E-state index contributed by atoms with van der Waals surface area (Å²) < 4.78 is 2.05. The SMILES string of the molecule is O=C(O)C1CCCn2cc(C3CCCS3)nc21. The number of carboxylic acid groups (broad SMARTS) is 1. The first-order chi connectivity index (χ1) is 8.25. The molecule has 0 aliphatic carbocycles. The third-order valence-electron chi connectivity index (χ3n) is 3.59. The number of aromatic nitrogens is 2. The number of rotatable bonds is 2. The second kappa shape index (κ2) is 4.37. The van der Waals surface area contributed by atoms with Crippen LogP contribution in [0.5, 0.6) is 0 Å². The Balaban J connectivity index is 1.92. The Morgan fingerprint density at radius 2 is 2.35 bits per heavy atom. The Bertz CT molecular complexity index is 438. The average molecular weight is 252 g/mol. The second-order valence-corrected chi connectivity index (χ2v) is 6.06. The Morgan fingerprint density at radius 3 is 3.06 bits per heavy atom. The van der Waals surface area contributed by atoms with Crippen LogP contribution in [0.2, 0.25) is 0 Å². The van der Waals surface area contributed by atoms with E-state index in [0.29, 0.717) is 5.25 Å². The predicted molar refractivity (Wildman–Crippen MR) is 66.3 cm³/mol. The fourth-order valence-corrected chi connectivity index (χ4v) is 3.94. The number of carboxylic acids is 1. The van der Waals surface area contributed by atoms with Crippen molar-refractivity contribution >= 4 is 17.7 Å². The van der Waals surface area contributed by atoms with Gasteiger partial charge in [-0.1, -0.05) is 0 Å². The fourth-order valence-electron chi connectivity index (χ4n) is 2.70. The molecule has 92 valence electrons. The van der Waals surface area contributed by atoms with E-state index in [1.165, 1.54) is 18.6 Å². The molecule has 0 aromatic carbocycles. The van der Waals surface area contributed by atoms with Gasteiger partial charge >= 0.3 is 5.97 Å². The molecular weight excluding hydrogens is 236 g/mol. The van der Waals surface area contributed by atoms with Crippen molar-refractivity contribution < 1.29 is 9.90 Å². The van der Waals surface area contributed by atoms with Gasteiger partial charge in [-0.25, -0.2) is 4.98 Å². The van der Waals surface area contributed by atoms with Crippen molar-refractivity contribution in [3.05, 3.63) is 17.7 Å². The summed E-state index contributed by atoms with van der Waals surface area (Å²) in [6.45, 7) is 0.920. The molecule has 2 unspecified atom stereocenters. The molecule has 1 saturated heterocycles. The number of nitrogens with zero attached hydrogens (tertiary/aromatic N) is 2. The highest BCUT2D eigenvalue weighted by Crippen LogP contribution is 2.40. The number of hydrogen-bond donors (Lipinski definition) is 1. The molecule has 0 radical (unpaired) electrons. The molecule has 1 aromatic heterocycles. The fraction of sp³-hybridized carbons (Fsp3) is 0.667. The molecule has 2 aliphatic rings. The molecular formula is C12H16N2O2S. The normalized spacial score (nSPS) is 28.0. The zero-order valence-electron chi connectivity index (χ0n) is 9.63. The first-order valence-electron chi connectivity index (χ1n) is 6.17. The quantitative estimate of drug-likeness (QED) is 0.878. The number of aliphatic carboxylic acids is 1. The largest absolute Gasteiger partial charge is 0.481 e. The van der Waals surface area contributed by atoms with Gasteiger partial charge in [0.05, 0.1) is 5.69 Å². The number of carbonyl (C=O) groups is 1.